The fourth-order valence-electron chi connectivity index (χ4n) is 1.70. The summed E-state index contributed by atoms with van der Waals surface area (Å²) < 4.78 is 22.5. The molecule has 106 valence electrons. The quantitative estimate of drug-likeness (QED) is 0.565. The molecule has 0 unspecified atom stereocenters. The smallest absolute Gasteiger partial charge is 0.309 e. The number of benzene rings is 1. The molecular formula is C14H21O4P. The van der Waals surface area contributed by atoms with Crippen LogP contribution in [0.1, 0.15) is 35.3 Å². The first-order valence-corrected chi connectivity index (χ1v) is 8.13. The zero-order valence-corrected chi connectivity index (χ0v) is 12.8. The highest BCUT2D eigenvalue weighted by Gasteiger charge is 2.28. The molecule has 0 amide bonds. The van der Waals surface area contributed by atoms with Crippen molar-refractivity contribution < 1.29 is 18.4 Å². The Hall–Kier alpha value is -0.960. The second kappa shape index (κ2) is 6.99. The van der Waals surface area contributed by atoms with Crippen LogP contribution >= 0.6 is 7.60 Å². The van der Waals surface area contributed by atoms with Gasteiger partial charge in [-0.05, 0) is 44.9 Å². The van der Waals surface area contributed by atoms with Gasteiger partial charge < -0.3 is 9.05 Å². The lowest BCUT2D eigenvalue weighted by molar-refractivity contribution is 0.100. The summed E-state index contributed by atoms with van der Waals surface area (Å²) in [5.41, 5.74) is 2.70. The molecule has 1 rings (SSSR count). The Kier molecular flexibility index (Phi) is 5.92. The van der Waals surface area contributed by atoms with Gasteiger partial charge in [-0.25, -0.2) is 0 Å². The van der Waals surface area contributed by atoms with Crippen molar-refractivity contribution in [2.24, 2.45) is 0 Å². The summed E-state index contributed by atoms with van der Waals surface area (Å²) in [6, 6.07) is 5.43. The van der Waals surface area contributed by atoms with Gasteiger partial charge in [-0.1, -0.05) is 12.1 Å². The predicted octanol–water partition coefficient (Wildman–Crippen LogP) is 3.75. The number of hydrogen-bond acceptors (Lipinski definition) is 4. The van der Waals surface area contributed by atoms with Crippen LogP contribution in [0.25, 0.3) is 0 Å². The maximum Gasteiger partial charge on any atom is 0.338 e. The van der Waals surface area contributed by atoms with Crippen LogP contribution in [0, 0.1) is 13.8 Å². The average molecular weight is 284 g/mol. The van der Waals surface area contributed by atoms with E-state index in [2.05, 4.69) is 0 Å². The van der Waals surface area contributed by atoms with Crippen molar-refractivity contribution in [2.45, 2.75) is 27.7 Å². The minimum Gasteiger partial charge on any atom is -0.309 e. The molecule has 0 aliphatic carbocycles. The van der Waals surface area contributed by atoms with Gasteiger partial charge >= 0.3 is 7.60 Å². The number of rotatable bonds is 7. The summed E-state index contributed by atoms with van der Waals surface area (Å²) >= 11 is 0. The van der Waals surface area contributed by atoms with E-state index in [1.807, 2.05) is 19.9 Å². The molecule has 0 aliphatic rings. The Morgan fingerprint density at radius 1 is 1.11 bits per heavy atom. The zero-order chi connectivity index (χ0) is 14.5. The van der Waals surface area contributed by atoms with Gasteiger partial charge in [-0.3, -0.25) is 9.36 Å². The van der Waals surface area contributed by atoms with Crippen molar-refractivity contribution in [3.8, 4) is 0 Å². The van der Waals surface area contributed by atoms with Gasteiger partial charge in [0.05, 0.1) is 13.2 Å². The standard InChI is InChI=1S/C14H21O4P/c1-5-17-19(16,18-6-2)10-14(15)13-8-7-11(3)12(4)9-13/h7-9H,5-6,10H2,1-4H3. The van der Waals surface area contributed by atoms with Gasteiger partial charge in [0.1, 0.15) is 6.16 Å². The molecule has 1 aromatic rings. The Balaban J connectivity index is 2.87. The van der Waals surface area contributed by atoms with Crippen molar-refractivity contribution >= 4 is 13.4 Å². The largest absolute Gasteiger partial charge is 0.338 e. The predicted molar refractivity (Wildman–Crippen MR) is 76.0 cm³/mol. The number of Topliss-reactive ketones (excluding diaryl/α,β-unsaturated/α-hetero) is 1. The Labute approximate surface area is 114 Å². The monoisotopic (exact) mass is 284 g/mol. The van der Waals surface area contributed by atoms with Crippen LogP contribution < -0.4 is 0 Å². The first-order valence-electron chi connectivity index (χ1n) is 6.40. The van der Waals surface area contributed by atoms with Gasteiger partial charge in [-0.15, -0.1) is 0 Å². The summed E-state index contributed by atoms with van der Waals surface area (Å²) in [6.07, 6.45) is -0.211. The topological polar surface area (TPSA) is 52.6 Å². The molecule has 0 saturated carbocycles. The molecular weight excluding hydrogens is 263 g/mol. The van der Waals surface area contributed by atoms with Crippen molar-refractivity contribution in [2.75, 3.05) is 19.4 Å². The third-order valence-electron chi connectivity index (χ3n) is 2.82. The molecule has 1 aromatic carbocycles. The molecule has 19 heavy (non-hydrogen) atoms. The van der Waals surface area contributed by atoms with Crippen molar-refractivity contribution in [1.82, 2.24) is 0 Å². The second-order valence-electron chi connectivity index (χ2n) is 4.33. The van der Waals surface area contributed by atoms with E-state index < -0.39 is 7.60 Å². The van der Waals surface area contributed by atoms with E-state index in [1.54, 1.807) is 26.0 Å². The van der Waals surface area contributed by atoms with Crippen LogP contribution in [0.3, 0.4) is 0 Å². The second-order valence-corrected chi connectivity index (χ2v) is 6.38. The molecule has 0 heterocycles. The minimum atomic E-state index is -3.32. The first kappa shape index (κ1) is 16.1. The third kappa shape index (κ3) is 4.57. The molecule has 0 N–H and O–H groups in total. The molecule has 0 atom stereocenters. The van der Waals surface area contributed by atoms with Crippen LogP contribution in [0.4, 0.5) is 0 Å². The number of carbonyl (C=O) groups is 1. The third-order valence-corrected chi connectivity index (χ3v) is 4.80. The van der Waals surface area contributed by atoms with Gasteiger partial charge in [0, 0.05) is 5.56 Å². The summed E-state index contributed by atoms with van der Waals surface area (Å²) in [5.74, 6) is -0.215. The van der Waals surface area contributed by atoms with Gasteiger partial charge in [0.25, 0.3) is 0 Å². The van der Waals surface area contributed by atoms with Gasteiger partial charge in [-0.2, -0.15) is 0 Å². The molecule has 0 radical (unpaired) electrons. The first-order chi connectivity index (χ1) is 8.91. The lowest BCUT2D eigenvalue weighted by Gasteiger charge is -2.16. The number of hydrogen-bond donors (Lipinski definition) is 0. The van der Waals surface area contributed by atoms with E-state index in [9.17, 15) is 9.36 Å². The maximum atomic E-state index is 12.3. The lowest BCUT2D eigenvalue weighted by atomic mass is 10.0. The van der Waals surface area contributed by atoms with Crippen molar-refractivity contribution in [3.05, 3.63) is 34.9 Å². The summed E-state index contributed by atoms with van der Waals surface area (Å²) in [6.45, 7) is 7.90. The molecule has 0 spiro atoms. The normalized spacial score (nSPS) is 11.6. The Bertz CT molecular complexity index is 486. The summed E-state index contributed by atoms with van der Waals surface area (Å²) in [4.78, 5) is 12.1. The fraction of sp³-hybridized carbons (Fsp3) is 0.500. The molecule has 0 fully saturated rings. The van der Waals surface area contributed by atoms with E-state index in [0.717, 1.165) is 11.1 Å². The maximum absolute atomic E-state index is 12.3. The minimum absolute atomic E-state index is 0.211. The molecule has 0 aliphatic heterocycles. The zero-order valence-electron chi connectivity index (χ0n) is 11.9. The molecule has 0 saturated heterocycles. The summed E-state index contributed by atoms with van der Waals surface area (Å²) in [5, 5.41) is 0. The van der Waals surface area contributed by atoms with Crippen molar-refractivity contribution in [3.63, 3.8) is 0 Å². The van der Waals surface area contributed by atoms with E-state index in [4.69, 9.17) is 9.05 Å². The Morgan fingerprint density at radius 3 is 2.16 bits per heavy atom. The van der Waals surface area contributed by atoms with Crippen LogP contribution in [0.15, 0.2) is 18.2 Å². The van der Waals surface area contributed by atoms with E-state index >= 15 is 0 Å². The van der Waals surface area contributed by atoms with Crippen LogP contribution in [0.5, 0.6) is 0 Å². The van der Waals surface area contributed by atoms with Crippen LogP contribution in [-0.2, 0) is 13.6 Å². The van der Waals surface area contributed by atoms with Gasteiger partial charge in [0.15, 0.2) is 5.78 Å². The van der Waals surface area contributed by atoms with Crippen LogP contribution in [-0.4, -0.2) is 25.2 Å². The lowest BCUT2D eigenvalue weighted by Crippen LogP contribution is -2.10. The van der Waals surface area contributed by atoms with E-state index in [1.165, 1.54) is 0 Å². The molecule has 0 bridgehead atoms. The van der Waals surface area contributed by atoms with Crippen molar-refractivity contribution in [1.29, 1.82) is 0 Å². The summed E-state index contributed by atoms with van der Waals surface area (Å²) in [7, 11) is -3.32. The molecule has 5 heteroatoms. The SMILES string of the molecule is CCOP(=O)(CC(=O)c1ccc(C)c(C)c1)OCC. The molecule has 0 aromatic heterocycles. The number of ketones is 1. The highest BCUT2D eigenvalue weighted by molar-refractivity contribution is 7.54. The van der Waals surface area contributed by atoms with Crippen LogP contribution in [0.2, 0.25) is 0 Å². The number of carbonyl (C=O) groups excluding carboxylic acids is 1. The highest BCUT2D eigenvalue weighted by atomic mass is 31.2. The van der Waals surface area contributed by atoms with Gasteiger partial charge in [0.2, 0.25) is 0 Å². The fourth-order valence-corrected chi connectivity index (χ4v) is 3.28. The van der Waals surface area contributed by atoms with E-state index in [-0.39, 0.29) is 25.2 Å². The number of aryl methyl sites for hydroxylation is 2. The van der Waals surface area contributed by atoms with E-state index in [0.29, 0.717) is 5.56 Å². The Morgan fingerprint density at radius 2 is 1.68 bits per heavy atom. The average Bonchev–Trinajstić information content (AvgIpc) is 2.32. The molecule has 4 nitrogen and oxygen atoms in total. The highest BCUT2D eigenvalue weighted by Crippen LogP contribution is 2.48.